The largest absolute Gasteiger partial charge is 0.379 e. The molecule has 0 aromatic heterocycles. The van der Waals surface area contributed by atoms with Crippen LogP contribution in [-0.4, -0.2) is 51.5 Å². The summed E-state index contributed by atoms with van der Waals surface area (Å²) in [5.41, 5.74) is 1.85. The SMILES string of the molecule is CCOCCOCC1(CCCCc2ccccc2)CCC(N(C)C)CC1. The average molecular weight is 362 g/mol. The van der Waals surface area contributed by atoms with Crippen molar-refractivity contribution in [2.45, 2.75) is 64.3 Å². The number of hydrogen-bond acceptors (Lipinski definition) is 3. The minimum atomic E-state index is 0.384. The van der Waals surface area contributed by atoms with Crippen molar-refractivity contribution >= 4 is 0 Å². The lowest BCUT2D eigenvalue weighted by molar-refractivity contribution is -0.0212. The van der Waals surface area contributed by atoms with Gasteiger partial charge >= 0.3 is 0 Å². The Bertz CT molecular complexity index is 466. The molecule has 0 bridgehead atoms. The van der Waals surface area contributed by atoms with Crippen LogP contribution in [0.15, 0.2) is 30.3 Å². The molecule has 1 aliphatic rings. The van der Waals surface area contributed by atoms with Crippen molar-refractivity contribution in [1.82, 2.24) is 4.90 Å². The van der Waals surface area contributed by atoms with E-state index in [0.29, 0.717) is 5.41 Å². The van der Waals surface area contributed by atoms with Crippen molar-refractivity contribution in [1.29, 1.82) is 0 Å². The third-order valence-electron chi connectivity index (χ3n) is 6.00. The highest BCUT2D eigenvalue weighted by atomic mass is 16.5. The van der Waals surface area contributed by atoms with Gasteiger partial charge in [0.05, 0.1) is 19.8 Å². The Labute approximate surface area is 161 Å². The van der Waals surface area contributed by atoms with Crippen LogP contribution >= 0.6 is 0 Å². The number of nitrogens with zero attached hydrogens (tertiary/aromatic N) is 1. The van der Waals surface area contributed by atoms with E-state index in [9.17, 15) is 0 Å². The molecule has 0 heterocycles. The summed E-state index contributed by atoms with van der Waals surface area (Å²) in [5.74, 6) is 0. The summed E-state index contributed by atoms with van der Waals surface area (Å²) in [5, 5.41) is 0. The molecular formula is C23H39NO2. The van der Waals surface area contributed by atoms with Crippen LogP contribution < -0.4 is 0 Å². The van der Waals surface area contributed by atoms with Gasteiger partial charge in [-0.15, -0.1) is 0 Å². The van der Waals surface area contributed by atoms with E-state index in [1.807, 2.05) is 6.92 Å². The molecule has 0 saturated heterocycles. The number of ether oxygens (including phenoxy) is 2. The fourth-order valence-electron chi connectivity index (χ4n) is 4.22. The van der Waals surface area contributed by atoms with Gasteiger partial charge in [0.15, 0.2) is 0 Å². The zero-order valence-electron chi connectivity index (χ0n) is 17.2. The zero-order valence-corrected chi connectivity index (χ0v) is 17.2. The third kappa shape index (κ3) is 7.38. The first kappa shape index (κ1) is 21.4. The molecule has 2 rings (SSSR count). The summed E-state index contributed by atoms with van der Waals surface area (Å²) in [6.07, 6.45) is 10.3. The number of aryl methyl sites for hydroxylation is 1. The fourth-order valence-corrected chi connectivity index (χ4v) is 4.22. The topological polar surface area (TPSA) is 21.7 Å². The molecule has 0 amide bonds. The highest BCUT2D eigenvalue weighted by molar-refractivity contribution is 5.14. The molecule has 0 aliphatic heterocycles. The maximum absolute atomic E-state index is 6.05. The van der Waals surface area contributed by atoms with E-state index in [0.717, 1.165) is 32.5 Å². The molecule has 0 N–H and O–H groups in total. The van der Waals surface area contributed by atoms with Crippen molar-refractivity contribution in [2.75, 3.05) is 40.5 Å². The predicted molar refractivity (Wildman–Crippen MR) is 110 cm³/mol. The maximum Gasteiger partial charge on any atom is 0.0700 e. The molecule has 0 spiro atoms. The molecule has 3 nitrogen and oxygen atoms in total. The van der Waals surface area contributed by atoms with Gasteiger partial charge in [0.25, 0.3) is 0 Å². The van der Waals surface area contributed by atoms with E-state index >= 15 is 0 Å². The van der Waals surface area contributed by atoms with E-state index in [4.69, 9.17) is 9.47 Å². The quantitative estimate of drug-likeness (QED) is 0.492. The van der Waals surface area contributed by atoms with Gasteiger partial charge in [0.1, 0.15) is 0 Å². The van der Waals surface area contributed by atoms with E-state index in [1.54, 1.807) is 0 Å². The highest BCUT2D eigenvalue weighted by Gasteiger charge is 2.35. The molecule has 0 unspecified atom stereocenters. The van der Waals surface area contributed by atoms with Crippen LogP contribution in [0, 0.1) is 5.41 Å². The fraction of sp³-hybridized carbons (Fsp3) is 0.739. The van der Waals surface area contributed by atoms with E-state index < -0.39 is 0 Å². The summed E-state index contributed by atoms with van der Waals surface area (Å²) in [4.78, 5) is 2.40. The van der Waals surface area contributed by atoms with Crippen LogP contribution in [0.1, 0.15) is 57.4 Å². The molecule has 0 atom stereocenters. The molecule has 148 valence electrons. The highest BCUT2D eigenvalue weighted by Crippen LogP contribution is 2.42. The van der Waals surface area contributed by atoms with Crippen LogP contribution in [0.4, 0.5) is 0 Å². The molecule has 1 aliphatic carbocycles. The number of rotatable bonds is 12. The van der Waals surface area contributed by atoms with E-state index in [2.05, 4.69) is 49.3 Å². The summed E-state index contributed by atoms with van der Waals surface area (Å²) < 4.78 is 11.5. The number of unbranched alkanes of at least 4 members (excludes halogenated alkanes) is 1. The van der Waals surface area contributed by atoms with Gasteiger partial charge < -0.3 is 14.4 Å². The Morgan fingerprint density at radius 1 is 1.00 bits per heavy atom. The molecule has 1 aromatic rings. The molecule has 3 heteroatoms. The van der Waals surface area contributed by atoms with Crippen LogP contribution in [0.3, 0.4) is 0 Å². The summed E-state index contributed by atoms with van der Waals surface area (Å²) >= 11 is 0. The number of hydrogen-bond donors (Lipinski definition) is 0. The van der Waals surface area contributed by atoms with Crippen LogP contribution in [-0.2, 0) is 15.9 Å². The second-order valence-corrected chi connectivity index (χ2v) is 8.14. The van der Waals surface area contributed by atoms with Crippen molar-refractivity contribution in [3.05, 3.63) is 35.9 Å². The molecule has 26 heavy (non-hydrogen) atoms. The lowest BCUT2D eigenvalue weighted by atomic mass is 9.70. The van der Waals surface area contributed by atoms with Crippen molar-refractivity contribution < 1.29 is 9.47 Å². The molecule has 1 fully saturated rings. The van der Waals surface area contributed by atoms with Crippen LogP contribution in [0.5, 0.6) is 0 Å². The predicted octanol–water partition coefficient (Wildman–Crippen LogP) is 4.94. The van der Waals surface area contributed by atoms with Gasteiger partial charge in [-0.05, 0) is 76.9 Å². The maximum atomic E-state index is 6.05. The molecular weight excluding hydrogens is 322 g/mol. The Hall–Kier alpha value is -0.900. The second kappa shape index (κ2) is 11.7. The molecule has 1 aromatic carbocycles. The minimum absolute atomic E-state index is 0.384. The van der Waals surface area contributed by atoms with E-state index in [-0.39, 0.29) is 0 Å². The monoisotopic (exact) mass is 361 g/mol. The summed E-state index contributed by atoms with van der Waals surface area (Å²) in [6.45, 7) is 5.18. The normalized spacial score (nSPS) is 23.5. The van der Waals surface area contributed by atoms with Gasteiger partial charge in [-0.25, -0.2) is 0 Å². The molecule has 0 radical (unpaired) electrons. The van der Waals surface area contributed by atoms with Crippen molar-refractivity contribution in [3.63, 3.8) is 0 Å². The number of benzene rings is 1. The van der Waals surface area contributed by atoms with Gasteiger partial charge in [0, 0.05) is 12.6 Å². The minimum Gasteiger partial charge on any atom is -0.379 e. The Kier molecular flexibility index (Phi) is 9.66. The lowest BCUT2D eigenvalue weighted by Gasteiger charge is -2.42. The molecule has 1 saturated carbocycles. The van der Waals surface area contributed by atoms with Gasteiger partial charge in [-0.3, -0.25) is 0 Å². The second-order valence-electron chi connectivity index (χ2n) is 8.14. The Balaban J connectivity index is 1.78. The van der Waals surface area contributed by atoms with Crippen LogP contribution in [0.25, 0.3) is 0 Å². The first-order chi connectivity index (χ1) is 12.7. The van der Waals surface area contributed by atoms with Crippen LogP contribution in [0.2, 0.25) is 0 Å². The van der Waals surface area contributed by atoms with Gasteiger partial charge in [-0.2, -0.15) is 0 Å². The Morgan fingerprint density at radius 3 is 2.35 bits per heavy atom. The van der Waals surface area contributed by atoms with Crippen molar-refractivity contribution in [2.24, 2.45) is 5.41 Å². The van der Waals surface area contributed by atoms with E-state index in [1.165, 1.54) is 56.9 Å². The first-order valence-electron chi connectivity index (χ1n) is 10.5. The summed E-state index contributed by atoms with van der Waals surface area (Å²) in [7, 11) is 4.44. The summed E-state index contributed by atoms with van der Waals surface area (Å²) in [6, 6.07) is 11.6. The smallest absolute Gasteiger partial charge is 0.0700 e. The zero-order chi connectivity index (χ0) is 18.7. The lowest BCUT2D eigenvalue weighted by Crippen LogP contribution is -2.39. The Morgan fingerprint density at radius 2 is 1.69 bits per heavy atom. The van der Waals surface area contributed by atoms with Gasteiger partial charge in [0.2, 0.25) is 0 Å². The van der Waals surface area contributed by atoms with Crippen molar-refractivity contribution in [3.8, 4) is 0 Å². The average Bonchev–Trinajstić information content (AvgIpc) is 2.66. The third-order valence-corrected chi connectivity index (χ3v) is 6.00. The van der Waals surface area contributed by atoms with Gasteiger partial charge in [-0.1, -0.05) is 36.8 Å². The standard InChI is InChI=1S/C23H39NO2/c1-4-25-18-19-26-20-23(16-13-22(14-17-23)24(2)3)15-9-8-12-21-10-6-5-7-11-21/h5-7,10-11,22H,4,8-9,12-20H2,1-3H3. The first-order valence-corrected chi connectivity index (χ1v) is 10.5.